The molecule has 3 N–H and O–H groups in total. The lowest BCUT2D eigenvalue weighted by atomic mass is 9.95. The van der Waals surface area contributed by atoms with Gasteiger partial charge in [0.25, 0.3) is 0 Å². The summed E-state index contributed by atoms with van der Waals surface area (Å²) in [4.78, 5) is 24.0. The molecule has 1 atom stereocenters. The van der Waals surface area contributed by atoms with Gasteiger partial charge in [-0.3, -0.25) is 0 Å². The Hall–Kier alpha value is -2.70. The molecule has 0 saturated carbocycles. The molecule has 7 heteroatoms. The molecule has 0 radical (unpaired) electrons. The number of ether oxygens (including phenoxy) is 2. The van der Waals surface area contributed by atoms with E-state index < -0.39 is 18.0 Å². The Labute approximate surface area is 134 Å². The summed E-state index contributed by atoms with van der Waals surface area (Å²) in [5.41, 5.74) is 1.37. The monoisotopic (exact) mass is 320 g/mol. The van der Waals surface area contributed by atoms with Crippen molar-refractivity contribution in [1.29, 1.82) is 0 Å². The lowest BCUT2D eigenvalue weighted by Crippen LogP contribution is -2.45. The van der Waals surface area contributed by atoms with Gasteiger partial charge in [0.05, 0.1) is 24.8 Å². The first kappa shape index (κ1) is 16.7. The maximum Gasteiger partial charge on any atom is 0.338 e. The lowest BCUT2D eigenvalue weighted by molar-refractivity contribution is -0.139. The molecule has 1 aromatic rings. The van der Waals surface area contributed by atoms with Crippen LogP contribution in [0.25, 0.3) is 0 Å². The average Bonchev–Trinajstić information content (AvgIpc) is 2.49. The molecule has 0 aliphatic carbocycles. The highest BCUT2D eigenvalue weighted by Gasteiger charge is 2.32. The first-order valence-corrected chi connectivity index (χ1v) is 7.39. The third-order valence-corrected chi connectivity index (χ3v) is 3.38. The number of nitrogens with one attached hydrogen (secondary N) is 2. The van der Waals surface area contributed by atoms with Crippen LogP contribution >= 0.6 is 0 Å². The molecule has 1 aromatic carbocycles. The van der Waals surface area contributed by atoms with Crippen molar-refractivity contribution in [1.82, 2.24) is 10.6 Å². The van der Waals surface area contributed by atoms with E-state index in [2.05, 4.69) is 10.6 Å². The summed E-state index contributed by atoms with van der Waals surface area (Å²) >= 11 is 0. The fourth-order valence-corrected chi connectivity index (χ4v) is 2.40. The molecule has 124 valence electrons. The van der Waals surface area contributed by atoms with Crippen molar-refractivity contribution >= 4 is 12.0 Å². The smallest absolute Gasteiger partial charge is 0.338 e. The first-order chi connectivity index (χ1) is 11.0. The Bertz CT molecular complexity index is 654. The van der Waals surface area contributed by atoms with Crippen LogP contribution in [0.15, 0.2) is 29.5 Å². The van der Waals surface area contributed by atoms with Crippen molar-refractivity contribution in [2.24, 2.45) is 0 Å². The molecule has 1 aliphatic rings. The minimum Gasteiger partial charge on any atom is -0.504 e. The van der Waals surface area contributed by atoms with Crippen molar-refractivity contribution in [3.05, 3.63) is 35.0 Å². The lowest BCUT2D eigenvalue weighted by Gasteiger charge is -2.28. The zero-order valence-corrected chi connectivity index (χ0v) is 13.3. The zero-order chi connectivity index (χ0) is 17.0. The number of hydrogen-bond donors (Lipinski definition) is 3. The van der Waals surface area contributed by atoms with Crippen LogP contribution in [0.3, 0.4) is 0 Å². The molecule has 1 aliphatic heterocycles. The van der Waals surface area contributed by atoms with Crippen LogP contribution in [0.2, 0.25) is 0 Å². The van der Waals surface area contributed by atoms with Gasteiger partial charge in [-0.15, -0.1) is 0 Å². The summed E-state index contributed by atoms with van der Waals surface area (Å²) in [6.45, 7) is 5.77. The second-order valence-electron chi connectivity index (χ2n) is 4.95. The maximum atomic E-state index is 12.2. The highest BCUT2D eigenvalue weighted by Crippen LogP contribution is 2.33. The van der Waals surface area contributed by atoms with Gasteiger partial charge in [-0.1, -0.05) is 6.07 Å². The fraction of sp³-hybridized carbons (Fsp3) is 0.375. The minimum absolute atomic E-state index is 0.00533. The molecular formula is C16H20N2O5. The summed E-state index contributed by atoms with van der Waals surface area (Å²) in [6.07, 6.45) is 0. The van der Waals surface area contributed by atoms with E-state index in [-0.39, 0.29) is 12.4 Å². The van der Waals surface area contributed by atoms with Crippen LogP contribution in [-0.4, -0.2) is 30.3 Å². The Balaban J connectivity index is 2.45. The van der Waals surface area contributed by atoms with Crippen LogP contribution in [-0.2, 0) is 9.53 Å². The van der Waals surface area contributed by atoms with Gasteiger partial charge in [0.2, 0.25) is 0 Å². The number of phenols is 1. The predicted octanol–water partition coefficient (Wildman–Crippen LogP) is 1.98. The van der Waals surface area contributed by atoms with Gasteiger partial charge in [-0.25, -0.2) is 9.59 Å². The number of amides is 2. The Kier molecular flexibility index (Phi) is 5.10. The van der Waals surface area contributed by atoms with E-state index in [4.69, 9.17) is 9.47 Å². The molecule has 23 heavy (non-hydrogen) atoms. The second-order valence-corrected chi connectivity index (χ2v) is 4.95. The zero-order valence-electron chi connectivity index (χ0n) is 13.3. The molecule has 0 unspecified atom stereocenters. The van der Waals surface area contributed by atoms with E-state index in [0.29, 0.717) is 29.2 Å². The molecule has 2 amide bonds. The number of allylic oxidation sites excluding steroid dienone is 1. The summed E-state index contributed by atoms with van der Waals surface area (Å²) < 4.78 is 10.4. The van der Waals surface area contributed by atoms with E-state index >= 15 is 0 Å². The number of carbonyl (C=O) groups excluding carboxylic acids is 2. The number of carbonyl (C=O) groups is 2. The molecule has 2 rings (SSSR count). The van der Waals surface area contributed by atoms with Crippen LogP contribution in [0.5, 0.6) is 11.5 Å². The number of aromatic hydroxyl groups is 1. The maximum absolute atomic E-state index is 12.2. The van der Waals surface area contributed by atoms with Crippen molar-refractivity contribution in [2.75, 3.05) is 13.2 Å². The average molecular weight is 320 g/mol. The fourth-order valence-electron chi connectivity index (χ4n) is 2.40. The van der Waals surface area contributed by atoms with Crippen LogP contribution in [0.4, 0.5) is 4.79 Å². The standard InChI is InChI=1S/C16H20N2O5/c1-4-22-12-8-10(6-7-11(12)19)14-13(15(20)23-5-2)9(3)17-16(21)18-14/h6-8,14,19H,4-5H2,1-3H3,(H2,17,18,21)/t14-/m1/s1. The molecule has 7 nitrogen and oxygen atoms in total. The minimum atomic E-state index is -0.678. The molecule has 0 spiro atoms. The van der Waals surface area contributed by atoms with E-state index in [0.717, 1.165) is 0 Å². The van der Waals surface area contributed by atoms with Gasteiger partial charge in [0.1, 0.15) is 0 Å². The number of phenolic OH excluding ortho intramolecular Hbond substituents is 1. The van der Waals surface area contributed by atoms with E-state index in [1.54, 1.807) is 32.9 Å². The van der Waals surface area contributed by atoms with Gasteiger partial charge in [0, 0.05) is 5.70 Å². The van der Waals surface area contributed by atoms with E-state index in [1.807, 2.05) is 0 Å². The predicted molar refractivity (Wildman–Crippen MR) is 83.0 cm³/mol. The number of urea groups is 1. The highest BCUT2D eigenvalue weighted by molar-refractivity contribution is 5.95. The van der Waals surface area contributed by atoms with Crippen molar-refractivity contribution in [3.8, 4) is 11.5 Å². The van der Waals surface area contributed by atoms with Crippen molar-refractivity contribution < 1.29 is 24.2 Å². The van der Waals surface area contributed by atoms with Gasteiger partial charge in [-0.05, 0) is 38.5 Å². The summed E-state index contributed by atoms with van der Waals surface area (Å²) in [6, 6.07) is 3.60. The van der Waals surface area contributed by atoms with E-state index in [1.165, 1.54) is 6.07 Å². The second kappa shape index (κ2) is 7.04. The number of rotatable bonds is 5. The van der Waals surface area contributed by atoms with Gasteiger partial charge in [0.15, 0.2) is 11.5 Å². The Morgan fingerprint density at radius 3 is 2.70 bits per heavy atom. The first-order valence-electron chi connectivity index (χ1n) is 7.39. The SMILES string of the molecule is CCOC(=O)C1=C(C)NC(=O)N[C@@H]1c1ccc(O)c(OCC)c1. The van der Waals surface area contributed by atoms with Gasteiger partial charge < -0.3 is 25.2 Å². The summed E-state index contributed by atoms with van der Waals surface area (Å²) in [7, 11) is 0. The molecular weight excluding hydrogens is 300 g/mol. The molecule has 1 heterocycles. The summed E-state index contributed by atoms with van der Waals surface area (Å²) in [5, 5.41) is 15.1. The summed E-state index contributed by atoms with van der Waals surface area (Å²) in [5.74, 6) is -0.221. The quantitative estimate of drug-likeness (QED) is 0.721. The van der Waals surface area contributed by atoms with Crippen LogP contribution in [0.1, 0.15) is 32.4 Å². The molecule has 0 bridgehead atoms. The molecule has 0 saturated heterocycles. The van der Waals surface area contributed by atoms with Gasteiger partial charge >= 0.3 is 12.0 Å². The van der Waals surface area contributed by atoms with Gasteiger partial charge in [-0.2, -0.15) is 0 Å². The Morgan fingerprint density at radius 1 is 1.30 bits per heavy atom. The Morgan fingerprint density at radius 2 is 2.04 bits per heavy atom. The largest absolute Gasteiger partial charge is 0.504 e. The normalized spacial score (nSPS) is 17.3. The molecule has 0 aromatic heterocycles. The third-order valence-electron chi connectivity index (χ3n) is 3.38. The van der Waals surface area contributed by atoms with Crippen LogP contribution in [0, 0.1) is 0 Å². The number of benzene rings is 1. The highest BCUT2D eigenvalue weighted by atomic mass is 16.5. The number of esters is 1. The van der Waals surface area contributed by atoms with Crippen molar-refractivity contribution in [3.63, 3.8) is 0 Å². The van der Waals surface area contributed by atoms with E-state index in [9.17, 15) is 14.7 Å². The third kappa shape index (κ3) is 3.56. The van der Waals surface area contributed by atoms with Crippen LogP contribution < -0.4 is 15.4 Å². The topological polar surface area (TPSA) is 96.9 Å². The number of hydrogen-bond acceptors (Lipinski definition) is 5. The molecule has 0 fully saturated rings. The van der Waals surface area contributed by atoms with Crippen molar-refractivity contribution in [2.45, 2.75) is 26.8 Å².